The quantitative estimate of drug-likeness (QED) is 0.912. The summed E-state index contributed by atoms with van der Waals surface area (Å²) in [6.07, 6.45) is 2.26. The normalized spacial score (nSPS) is 17.5. The van der Waals surface area contributed by atoms with Gasteiger partial charge in [0.1, 0.15) is 5.01 Å². The molecule has 1 fully saturated rings. The number of likely N-dealkylation sites (tertiary alicyclic amines) is 1. The minimum atomic E-state index is -0.844. The van der Waals surface area contributed by atoms with Gasteiger partial charge in [0.2, 0.25) is 0 Å². The minimum absolute atomic E-state index is 0.259. The SMILES string of the molecule is O=C(O)[C@H]1CCN(C(=O)Nc2ccc(-c3nccs3)cc2)C1. The molecule has 22 heavy (non-hydrogen) atoms. The lowest BCUT2D eigenvalue weighted by Gasteiger charge is -2.16. The minimum Gasteiger partial charge on any atom is -0.481 e. The highest BCUT2D eigenvalue weighted by Gasteiger charge is 2.30. The number of hydrogen-bond donors (Lipinski definition) is 2. The van der Waals surface area contributed by atoms with Gasteiger partial charge in [-0.25, -0.2) is 9.78 Å². The fourth-order valence-corrected chi connectivity index (χ4v) is 3.06. The van der Waals surface area contributed by atoms with Crippen molar-refractivity contribution in [3.8, 4) is 10.6 Å². The average molecular weight is 317 g/mol. The van der Waals surface area contributed by atoms with E-state index in [1.54, 1.807) is 17.5 Å². The van der Waals surface area contributed by atoms with E-state index < -0.39 is 11.9 Å². The number of thiazole rings is 1. The lowest BCUT2D eigenvalue weighted by atomic mass is 10.1. The number of nitrogens with one attached hydrogen (secondary N) is 1. The Morgan fingerprint density at radius 1 is 1.32 bits per heavy atom. The van der Waals surface area contributed by atoms with Crippen LogP contribution in [0.2, 0.25) is 0 Å². The highest BCUT2D eigenvalue weighted by Crippen LogP contribution is 2.24. The summed E-state index contributed by atoms with van der Waals surface area (Å²) < 4.78 is 0. The second-order valence-corrected chi connectivity index (χ2v) is 6.01. The molecule has 2 heterocycles. The van der Waals surface area contributed by atoms with E-state index in [1.807, 2.05) is 29.6 Å². The van der Waals surface area contributed by atoms with E-state index in [9.17, 15) is 9.59 Å². The molecule has 0 unspecified atom stereocenters. The van der Waals surface area contributed by atoms with Crippen LogP contribution in [0.4, 0.5) is 10.5 Å². The van der Waals surface area contributed by atoms with Gasteiger partial charge in [0.15, 0.2) is 0 Å². The molecule has 1 saturated heterocycles. The molecule has 2 amide bonds. The number of carbonyl (C=O) groups is 2. The van der Waals surface area contributed by atoms with Crippen LogP contribution in [0.5, 0.6) is 0 Å². The van der Waals surface area contributed by atoms with Gasteiger partial charge < -0.3 is 15.3 Å². The van der Waals surface area contributed by atoms with Crippen molar-refractivity contribution in [2.24, 2.45) is 5.92 Å². The van der Waals surface area contributed by atoms with E-state index in [2.05, 4.69) is 10.3 Å². The molecule has 6 nitrogen and oxygen atoms in total. The molecule has 3 rings (SSSR count). The predicted molar refractivity (Wildman–Crippen MR) is 83.9 cm³/mol. The Labute approximate surface area is 131 Å². The molecule has 7 heteroatoms. The number of anilines is 1. The van der Waals surface area contributed by atoms with Crippen LogP contribution in [0.1, 0.15) is 6.42 Å². The number of urea groups is 1. The standard InChI is InChI=1S/C15H15N3O3S/c19-14(20)11-5-7-18(9-11)15(21)17-12-3-1-10(2-4-12)13-16-6-8-22-13/h1-4,6,8,11H,5,7,9H2,(H,17,21)(H,19,20)/t11-/m0/s1. The first-order chi connectivity index (χ1) is 10.6. The number of aromatic nitrogens is 1. The van der Waals surface area contributed by atoms with Crippen molar-refractivity contribution in [1.29, 1.82) is 0 Å². The Balaban J connectivity index is 1.61. The summed E-state index contributed by atoms with van der Waals surface area (Å²) in [7, 11) is 0. The zero-order valence-corrected chi connectivity index (χ0v) is 12.5. The van der Waals surface area contributed by atoms with Gasteiger partial charge in [-0.15, -0.1) is 11.3 Å². The maximum absolute atomic E-state index is 12.1. The van der Waals surface area contributed by atoms with Gasteiger partial charge >= 0.3 is 12.0 Å². The summed E-state index contributed by atoms with van der Waals surface area (Å²) in [6, 6.07) is 7.18. The lowest BCUT2D eigenvalue weighted by molar-refractivity contribution is -0.141. The summed E-state index contributed by atoms with van der Waals surface area (Å²) in [5.74, 6) is -1.30. The first-order valence-corrected chi connectivity index (χ1v) is 7.80. The molecule has 0 spiro atoms. The first-order valence-electron chi connectivity index (χ1n) is 6.92. The number of carbonyl (C=O) groups excluding carboxylic acids is 1. The third-order valence-electron chi connectivity index (χ3n) is 3.64. The molecule has 0 saturated carbocycles. The molecular weight excluding hydrogens is 302 g/mol. The van der Waals surface area contributed by atoms with Gasteiger partial charge in [0.05, 0.1) is 5.92 Å². The van der Waals surface area contributed by atoms with Crippen LogP contribution in [-0.4, -0.2) is 40.1 Å². The van der Waals surface area contributed by atoms with Crippen LogP contribution in [0, 0.1) is 5.92 Å². The van der Waals surface area contributed by atoms with Gasteiger partial charge in [-0.1, -0.05) is 0 Å². The Morgan fingerprint density at radius 2 is 2.09 bits per heavy atom. The number of hydrogen-bond acceptors (Lipinski definition) is 4. The highest BCUT2D eigenvalue weighted by molar-refractivity contribution is 7.13. The van der Waals surface area contributed by atoms with Crippen LogP contribution in [-0.2, 0) is 4.79 Å². The van der Waals surface area contributed by atoms with Gasteiger partial charge in [0.25, 0.3) is 0 Å². The van der Waals surface area contributed by atoms with E-state index in [-0.39, 0.29) is 12.6 Å². The number of benzene rings is 1. The zero-order valence-electron chi connectivity index (χ0n) is 11.7. The summed E-state index contributed by atoms with van der Waals surface area (Å²) in [6.45, 7) is 0.734. The fourth-order valence-electron chi connectivity index (χ4n) is 2.41. The molecule has 2 N–H and O–H groups in total. The first kappa shape index (κ1) is 14.5. The molecule has 1 aromatic carbocycles. The Hall–Kier alpha value is -2.41. The number of carboxylic acid groups (broad SMARTS) is 1. The van der Waals surface area contributed by atoms with E-state index in [1.165, 1.54) is 4.90 Å². The van der Waals surface area contributed by atoms with Gasteiger partial charge in [-0.2, -0.15) is 0 Å². The third-order valence-corrected chi connectivity index (χ3v) is 4.46. The van der Waals surface area contributed by atoms with E-state index in [4.69, 9.17) is 5.11 Å². The molecular formula is C15H15N3O3S. The number of aliphatic carboxylic acids is 1. The molecule has 0 radical (unpaired) electrons. The monoisotopic (exact) mass is 317 g/mol. The molecule has 0 bridgehead atoms. The van der Waals surface area contributed by atoms with Crippen molar-refractivity contribution in [2.75, 3.05) is 18.4 Å². The second kappa shape index (κ2) is 6.15. The zero-order chi connectivity index (χ0) is 15.5. The maximum Gasteiger partial charge on any atom is 0.321 e. The van der Waals surface area contributed by atoms with Crippen LogP contribution >= 0.6 is 11.3 Å². The fraction of sp³-hybridized carbons (Fsp3) is 0.267. The molecule has 114 valence electrons. The van der Waals surface area contributed by atoms with Crippen LogP contribution < -0.4 is 5.32 Å². The van der Waals surface area contributed by atoms with Crippen LogP contribution in [0.15, 0.2) is 35.8 Å². The van der Waals surface area contributed by atoms with Crippen molar-refractivity contribution in [1.82, 2.24) is 9.88 Å². The molecule has 1 atom stereocenters. The summed E-state index contributed by atoms with van der Waals surface area (Å²) >= 11 is 1.56. The molecule has 1 aromatic heterocycles. The van der Waals surface area contributed by atoms with Gasteiger partial charge in [0, 0.05) is 35.9 Å². The van der Waals surface area contributed by atoms with Gasteiger partial charge in [-0.3, -0.25) is 4.79 Å². The predicted octanol–water partition coefficient (Wildman–Crippen LogP) is 2.75. The van der Waals surface area contributed by atoms with Crippen molar-refractivity contribution in [3.63, 3.8) is 0 Å². The molecule has 1 aliphatic heterocycles. The number of amides is 2. The molecule has 1 aliphatic rings. The largest absolute Gasteiger partial charge is 0.481 e. The second-order valence-electron chi connectivity index (χ2n) is 5.11. The van der Waals surface area contributed by atoms with E-state index in [0.29, 0.717) is 18.7 Å². The molecule has 2 aromatic rings. The smallest absolute Gasteiger partial charge is 0.321 e. The maximum atomic E-state index is 12.1. The summed E-state index contributed by atoms with van der Waals surface area (Å²) in [5, 5.41) is 14.6. The average Bonchev–Trinajstić information content (AvgIpc) is 3.20. The van der Waals surface area contributed by atoms with Crippen molar-refractivity contribution < 1.29 is 14.7 Å². The Bertz CT molecular complexity index is 670. The van der Waals surface area contributed by atoms with Crippen molar-refractivity contribution >= 4 is 29.0 Å². The van der Waals surface area contributed by atoms with Crippen LogP contribution in [0.25, 0.3) is 10.6 Å². The number of carboxylic acids is 1. The number of nitrogens with zero attached hydrogens (tertiary/aromatic N) is 2. The van der Waals surface area contributed by atoms with Crippen molar-refractivity contribution in [2.45, 2.75) is 6.42 Å². The summed E-state index contributed by atoms with van der Waals surface area (Å²) in [4.78, 5) is 28.8. The lowest BCUT2D eigenvalue weighted by Crippen LogP contribution is -2.33. The van der Waals surface area contributed by atoms with Crippen LogP contribution in [0.3, 0.4) is 0 Å². The molecule has 0 aliphatic carbocycles. The topological polar surface area (TPSA) is 82.5 Å². The van der Waals surface area contributed by atoms with E-state index >= 15 is 0 Å². The Kier molecular flexibility index (Phi) is 4.06. The number of rotatable bonds is 3. The third kappa shape index (κ3) is 3.09. The van der Waals surface area contributed by atoms with Crippen molar-refractivity contribution in [3.05, 3.63) is 35.8 Å². The highest BCUT2D eigenvalue weighted by atomic mass is 32.1. The summed E-state index contributed by atoms with van der Waals surface area (Å²) in [5.41, 5.74) is 1.68. The van der Waals surface area contributed by atoms with Gasteiger partial charge in [-0.05, 0) is 30.7 Å². The Morgan fingerprint density at radius 3 is 2.68 bits per heavy atom. The van der Waals surface area contributed by atoms with E-state index in [0.717, 1.165) is 10.6 Å².